The Hall–Kier alpha value is -1.90. The molecular weight excluding hydrogens is 339 g/mol. The van der Waals surface area contributed by atoms with Crippen LogP contribution >= 0.6 is 0 Å². The molecule has 0 saturated carbocycles. The summed E-state index contributed by atoms with van der Waals surface area (Å²) in [5.74, 6) is 0.933. The quantitative estimate of drug-likeness (QED) is 0.619. The van der Waals surface area contributed by atoms with Crippen molar-refractivity contribution in [3.05, 3.63) is 48.5 Å². The van der Waals surface area contributed by atoms with Crippen LogP contribution in [0.4, 0.5) is 11.4 Å². The molecule has 1 heterocycles. The molecule has 3 nitrogen and oxygen atoms in total. The molecule has 2 aromatic rings. The molecule has 0 saturated heterocycles. The monoisotopic (exact) mass is 360 g/mol. The second-order valence-corrected chi connectivity index (χ2v) is 8.83. The van der Waals surface area contributed by atoms with E-state index < -0.39 is 13.5 Å². The van der Waals surface area contributed by atoms with Gasteiger partial charge in [0.25, 0.3) is 0 Å². The van der Waals surface area contributed by atoms with Gasteiger partial charge in [0, 0.05) is 0 Å². The van der Waals surface area contributed by atoms with Gasteiger partial charge in [-0.15, -0.1) is 0 Å². The fraction of sp³-hybridized carbons (Fsp3) is 0.222. The first-order chi connectivity index (χ1) is 10.8. The van der Waals surface area contributed by atoms with Gasteiger partial charge in [-0.2, -0.15) is 0 Å². The zero-order valence-corrected chi connectivity index (χ0v) is 14.6. The average Bonchev–Trinajstić information content (AvgIpc) is 2.93. The molecule has 0 bridgehead atoms. The van der Waals surface area contributed by atoms with Crippen LogP contribution in [0.2, 0.25) is 0 Å². The second-order valence-electron chi connectivity index (χ2n) is 5.00. The van der Waals surface area contributed by atoms with Crippen LogP contribution in [0, 0.1) is 0 Å². The van der Waals surface area contributed by atoms with E-state index in [-0.39, 0.29) is 0 Å². The molecule has 22 heavy (non-hydrogen) atoms. The van der Waals surface area contributed by atoms with Crippen molar-refractivity contribution in [1.82, 2.24) is 0 Å². The van der Waals surface area contributed by atoms with Gasteiger partial charge in [0.05, 0.1) is 0 Å². The van der Waals surface area contributed by atoms with Crippen LogP contribution in [-0.4, -0.2) is 43.7 Å². The molecule has 0 N–H and O–H groups in total. The van der Waals surface area contributed by atoms with Crippen molar-refractivity contribution in [1.29, 1.82) is 0 Å². The summed E-state index contributed by atoms with van der Waals surface area (Å²) in [6.07, 6.45) is 1.98. The number of methoxy groups -OCH3 is 1. The molecular formula is C18H20N2OSe. The van der Waals surface area contributed by atoms with Crippen molar-refractivity contribution in [3.63, 3.8) is 0 Å². The third kappa shape index (κ3) is 3.13. The Balaban J connectivity index is 1.87. The van der Waals surface area contributed by atoms with Crippen molar-refractivity contribution < 1.29 is 4.74 Å². The van der Waals surface area contributed by atoms with Gasteiger partial charge in [0.15, 0.2) is 0 Å². The molecule has 2 aromatic carbocycles. The predicted octanol–water partition coefficient (Wildman–Crippen LogP) is 2.56. The molecule has 0 radical (unpaired) electrons. The first-order valence-electron chi connectivity index (χ1n) is 7.37. The Bertz CT molecular complexity index is 710. The normalized spacial score (nSPS) is 17.2. The Morgan fingerprint density at radius 1 is 1.23 bits per heavy atom. The summed E-state index contributed by atoms with van der Waals surface area (Å²) >= 11 is -0.980. The molecule has 4 heteroatoms. The summed E-state index contributed by atoms with van der Waals surface area (Å²) in [5.41, 5.74) is 3.46. The van der Waals surface area contributed by atoms with Gasteiger partial charge in [0.2, 0.25) is 0 Å². The van der Waals surface area contributed by atoms with Crippen molar-refractivity contribution in [2.75, 3.05) is 24.0 Å². The first-order valence-corrected chi connectivity index (χ1v) is 10.4. The number of nitrogens with zero attached hydrogens (tertiary/aromatic N) is 2. The fourth-order valence-corrected chi connectivity index (χ4v) is 6.54. The number of para-hydroxylation sites is 1. The molecule has 0 spiro atoms. The van der Waals surface area contributed by atoms with Crippen molar-refractivity contribution in [2.24, 2.45) is 4.99 Å². The van der Waals surface area contributed by atoms with Gasteiger partial charge in [-0.1, -0.05) is 0 Å². The van der Waals surface area contributed by atoms with E-state index in [1.165, 1.54) is 10.1 Å². The van der Waals surface area contributed by atoms with Crippen molar-refractivity contribution in [3.8, 4) is 5.75 Å². The molecule has 1 aliphatic heterocycles. The van der Waals surface area contributed by atoms with Crippen LogP contribution in [0.1, 0.15) is 6.92 Å². The minimum atomic E-state index is -0.980. The van der Waals surface area contributed by atoms with Gasteiger partial charge >= 0.3 is 135 Å². The van der Waals surface area contributed by atoms with Crippen LogP contribution in [0.5, 0.6) is 5.75 Å². The van der Waals surface area contributed by atoms with Gasteiger partial charge in [-0.05, 0) is 0 Å². The zero-order valence-electron chi connectivity index (χ0n) is 12.9. The van der Waals surface area contributed by atoms with Gasteiger partial charge < -0.3 is 0 Å². The number of hydrogen-bond donors (Lipinski definition) is 0. The summed E-state index contributed by atoms with van der Waals surface area (Å²) in [5, 5.41) is 0. The Morgan fingerprint density at radius 3 is 2.77 bits per heavy atom. The number of aliphatic imine (C=N–C) groups is 1. The number of hydrogen-bond acceptors (Lipinski definition) is 3. The summed E-state index contributed by atoms with van der Waals surface area (Å²) in [7, 11) is 1.72. The minimum absolute atomic E-state index is 0.933. The maximum absolute atomic E-state index is 5.36. The molecule has 0 aliphatic carbocycles. The summed E-state index contributed by atoms with van der Waals surface area (Å²) < 4.78 is 6.83. The molecule has 3 rings (SSSR count). The number of anilines is 1. The van der Waals surface area contributed by atoms with E-state index in [2.05, 4.69) is 39.9 Å². The van der Waals surface area contributed by atoms with E-state index >= 15 is 0 Å². The van der Waals surface area contributed by atoms with E-state index in [0.717, 1.165) is 23.4 Å². The Morgan fingerprint density at radius 2 is 2.05 bits per heavy atom. The number of benzene rings is 2. The maximum atomic E-state index is 5.36. The van der Waals surface area contributed by atoms with Crippen molar-refractivity contribution in [2.45, 2.75) is 6.92 Å². The van der Waals surface area contributed by atoms with E-state index in [0.29, 0.717) is 0 Å². The molecule has 0 aromatic heterocycles. The summed E-state index contributed by atoms with van der Waals surface area (Å²) in [6.45, 7) is 3.24. The van der Waals surface area contributed by atoms with E-state index in [1.807, 2.05) is 36.5 Å². The number of fused-ring (bicyclic) bond motifs is 1. The predicted molar refractivity (Wildman–Crippen MR) is 96.9 cm³/mol. The van der Waals surface area contributed by atoms with E-state index in [1.54, 1.807) is 7.11 Å². The standard InChI is InChI=1S/C18H20N2OSe/c1-3-20-14-22(12-11-19-15-7-5-4-6-8-15)18-10-9-16(21-2)13-17(18)20/h4-13H,3,14H2,1-2H3. The van der Waals surface area contributed by atoms with Crippen molar-refractivity contribution >= 4 is 40.4 Å². The summed E-state index contributed by atoms with van der Waals surface area (Å²) in [6, 6.07) is 16.5. The first kappa shape index (κ1) is 15.0. The molecule has 1 aliphatic rings. The molecule has 0 fully saturated rings. The number of ether oxygens (including phenoxy) is 1. The summed E-state index contributed by atoms with van der Waals surface area (Å²) in [4.78, 5) is 9.29. The average molecular weight is 359 g/mol. The molecule has 114 valence electrons. The van der Waals surface area contributed by atoms with E-state index in [4.69, 9.17) is 4.74 Å². The van der Waals surface area contributed by atoms with Crippen LogP contribution in [-0.2, 0) is 0 Å². The van der Waals surface area contributed by atoms with E-state index in [9.17, 15) is 0 Å². The van der Waals surface area contributed by atoms with Crippen LogP contribution < -0.4 is 14.1 Å². The van der Waals surface area contributed by atoms with Crippen LogP contribution in [0.3, 0.4) is 0 Å². The Labute approximate surface area is 135 Å². The molecule has 1 unspecified atom stereocenters. The Kier molecular flexibility index (Phi) is 4.71. The van der Waals surface area contributed by atoms with Crippen LogP contribution in [0.15, 0.2) is 53.5 Å². The molecule has 1 atom stereocenters. The second kappa shape index (κ2) is 6.91. The van der Waals surface area contributed by atoms with Gasteiger partial charge in [-0.25, -0.2) is 0 Å². The number of rotatable bonds is 4. The third-order valence-electron chi connectivity index (χ3n) is 3.67. The van der Waals surface area contributed by atoms with Crippen LogP contribution in [0.25, 0.3) is 0 Å². The SMILES string of the molecule is CCN1C[Se](=CC=Nc2ccccc2)c2ccc(OC)cc21. The topological polar surface area (TPSA) is 24.8 Å². The van der Waals surface area contributed by atoms with Gasteiger partial charge in [-0.3, -0.25) is 0 Å². The zero-order chi connectivity index (χ0) is 15.4. The molecule has 0 amide bonds. The van der Waals surface area contributed by atoms with Gasteiger partial charge in [0.1, 0.15) is 0 Å². The third-order valence-corrected chi connectivity index (χ3v) is 7.76. The fourth-order valence-electron chi connectivity index (χ4n) is 2.48.